The van der Waals surface area contributed by atoms with Crippen LogP contribution in [0.3, 0.4) is 0 Å². The second kappa shape index (κ2) is 7.15. The largest absolute Gasteiger partial charge is 0.295 e. The number of carbonyl (C=O) groups is 1. The molecule has 0 fully saturated rings. The lowest BCUT2D eigenvalue weighted by Crippen LogP contribution is -2.15. The predicted octanol–water partition coefficient (Wildman–Crippen LogP) is 3.32. The number of para-hydroxylation sites is 1. The fourth-order valence-electron chi connectivity index (χ4n) is 2.15. The van der Waals surface area contributed by atoms with Gasteiger partial charge in [0.05, 0.1) is 12.5 Å². The van der Waals surface area contributed by atoms with Gasteiger partial charge in [-0.05, 0) is 18.6 Å². The Morgan fingerprint density at radius 1 is 1.26 bits per heavy atom. The van der Waals surface area contributed by atoms with Crippen molar-refractivity contribution in [1.82, 2.24) is 19.7 Å². The van der Waals surface area contributed by atoms with Crippen molar-refractivity contribution in [1.29, 1.82) is 0 Å². The number of unbranched alkanes of at least 4 members (excludes halogenated alkanes) is 1. The first-order valence-electron chi connectivity index (χ1n) is 7.49. The molecule has 0 aliphatic carbocycles. The summed E-state index contributed by atoms with van der Waals surface area (Å²) >= 11 is 1.42. The van der Waals surface area contributed by atoms with Crippen molar-refractivity contribution in [3.05, 3.63) is 53.6 Å². The summed E-state index contributed by atoms with van der Waals surface area (Å²) in [6, 6.07) is 9.61. The first kappa shape index (κ1) is 15.4. The Hall–Kier alpha value is -2.54. The Morgan fingerprint density at radius 2 is 2.09 bits per heavy atom. The van der Waals surface area contributed by atoms with Crippen LogP contribution in [0.1, 0.15) is 35.3 Å². The molecule has 0 radical (unpaired) electrons. The number of nitrogens with zero attached hydrogens (tertiary/aromatic N) is 4. The molecule has 3 rings (SSSR count). The van der Waals surface area contributed by atoms with E-state index in [0.717, 1.165) is 30.0 Å². The molecule has 23 heavy (non-hydrogen) atoms. The van der Waals surface area contributed by atoms with Crippen LogP contribution in [-0.4, -0.2) is 25.7 Å². The lowest BCUT2D eigenvalue weighted by molar-refractivity contribution is 0.102. The summed E-state index contributed by atoms with van der Waals surface area (Å²) in [5.74, 6) is -0.246. The molecular weight excluding hydrogens is 310 g/mol. The van der Waals surface area contributed by atoms with Gasteiger partial charge in [0.1, 0.15) is 10.7 Å². The molecule has 118 valence electrons. The van der Waals surface area contributed by atoms with Gasteiger partial charge in [0.25, 0.3) is 5.91 Å². The Morgan fingerprint density at radius 3 is 2.87 bits per heavy atom. The zero-order valence-corrected chi connectivity index (χ0v) is 13.6. The molecule has 0 aliphatic heterocycles. The van der Waals surface area contributed by atoms with Crippen LogP contribution in [0.15, 0.2) is 42.9 Å². The van der Waals surface area contributed by atoms with Crippen LogP contribution < -0.4 is 5.32 Å². The van der Waals surface area contributed by atoms with Crippen molar-refractivity contribution in [2.24, 2.45) is 0 Å². The number of hydrogen-bond donors (Lipinski definition) is 1. The SMILES string of the molecule is CCCCc1nnc(NC(=O)c2cncn2-c2ccccc2)s1. The highest BCUT2D eigenvalue weighted by Crippen LogP contribution is 2.19. The zero-order chi connectivity index (χ0) is 16.1. The first-order chi connectivity index (χ1) is 11.3. The van der Waals surface area contributed by atoms with Crippen molar-refractivity contribution < 1.29 is 4.79 Å². The minimum Gasteiger partial charge on any atom is -0.295 e. The molecule has 1 amide bonds. The quantitative estimate of drug-likeness (QED) is 0.754. The van der Waals surface area contributed by atoms with Crippen LogP contribution in [0.5, 0.6) is 0 Å². The number of aromatic nitrogens is 4. The van der Waals surface area contributed by atoms with E-state index in [1.165, 1.54) is 11.3 Å². The van der Waals surface area contributed by atoms with Crippen LogP contribution in [0, 0.1) is 0 Å². The maximum atomic E-state index is 12.5. The van der Waals surface area contributed by atoms with Gasteiger partial charge in [-0.3, -0.25) is 14.7 Å². The Kier molecular flexibility index (Phi) is 4.77. The van der Waals surface area contributed by atoms with Crippen molar-refractivity contribution >= 4 is 22.4 Å². The maximum absolute atomic E-state index is 12.5. The smallest absolute Gasteiger partial charge is 0.276 e. The molecule has 2 aromatic heterocycles. The van der Waals surface area contributed by atoms with Crippen molar-refractivity contribution in [2.45, 2.75) is 26.2 Å². The highest BCUT2D eigenvalue weighted by Gasteiger charge is 2.15. The Labute approximate surface area is 138 Å². The van der Waals surface area contributed by atoms with Crippen molar-refractivity contribution in [3.63, 3.8) is 0 Å². The number of carbonyl (C=O) groups excluding carboxylic acids is 1. The van der Waals surface area contributed by atoms with E-state index >= 15 is 0 Å². The number of aryl methyl sites for hydroxylation is 1. The van der Waals surface area contributed by atoms with Gasteiger partial charge in [0.15, 0.2) is 0 Å². The maximum Gasteiger partial charge on any atom is 0.276 e. The lowest BCUT2D eigenvalue weighted by Gasteiger charge is -2.06. The molecule has 0 aliphatic rings. The van der Waals surface area contributed by atoms with Gasteiger partial charge in [-0.1, -0.05) is 42.9 Å². The van der Waals surface area contributed by atoms with Gasteiger partial charge < -0.3 is 0 Å². The number of imidazole rings is 1. The van der Waals surface area contributed by atoms with Gasteiger partial charge >= 0.3 is 0 Å². The van der Waals surface area contributed by atoms with Crippen LogP contribution in [0.4, 0.5) is 5.13 Å². The minimum atomic E-state index is -0.246. The van der Waals surface area contributed by atoms with Crippen molar-refractivity contribution in [2.75, 3.05) is 5.32 Å². The number of amides is 1. The van der Waals surface area contributed by atoms with Gasteiger partial charge in [-0.25, -0.2) is 4.98 Å². The highest BCUT2D eigenvalue weighted by molar-refractivity contribution is 7.15. The summed E-state index contributed by atoms with van der Waals surface area (Å²) in [6.45, 7) is 2.13. The molecule has 0 bridgehead atoms. The first-order valence-corrected chi connectivity index (χ1v) is 8.31. The van der Waals surface area contributed by atoms with E-state index in [1.54, 1.807) is 17.1 Å². The summed E-state index contributed by atoms with van der Waals surface area (Å²) in [5.41, 5.74) is 1.34. The van der Waals surface area contributed by atoms with E-state index in [4.69, 9.17) is 0 Å². The highest BCUT2D eigenvalue weighted by atomic mass is 32.1. The van der Waals surface area contributed by atoms with E-state index in [2.05, 4.69) is 27.4 Å². The summed E-state index contributed by atoms with van der Waals surface area (Å²) in [6.07, 6.45) is 6.24. The minimum absolute atomic E-state index is 0.246. The molecule has 1 aromatic carbocycles. The molecule has 0 unspecified atom stereocenters. The van der Waals surface area contributed by atoms with Crippen LogP contribution in [0.25, 0.3) is 5.69 Å². The zero-order valence-electron chi connectivity index (χ0n) is 12.8. The molecule has 3 aromatic rings. The van der Waals surface area contributed by atoms with Crippen LogP contribution in [0.2, 0.25) is 0 Å². The molecule has 6 nitrogen and oxygen atoms in total. The summed E-state index contributed by atoms with van der Waals surface area (Å²) in [7, 11) is 0. The lowest BCUT2D eigenvalue weighted by atomic mass is 10.3. The fourth-order valence-corrected chi connectivity index (χ4v) is 2.93. The molecule has 2 heterocycles. The van der Waals surface area contributed by atoms with Gasteiger partial charge in [-0.15, -0.1) is 10.2 Å². The normalized spacial score (nSPS) is 10.7. The molecule has 0 saturated carbocycles. The molecule has 0 spiro atoms. The number of rotatable bonds is 6. The second-order valence-corrected chi connectivity index (χ2v) is 6.11. The molecule has 0 saturated heterocycles. The van der Waals surface area contributed by atoms with Gasteiger partial charge in [-0.2, -0.15) is 0 Å². The predicted molar refractivity (Wildman–Crippen MR) is 90.0 cm³/mol. The van der Waals surface area contributed by atoms with Crippen LogP contribution >= 0.6 is 11.3 Å². The third kappa shape index (κ3) is 3.62. The third-order valence-electron chi connectivity index (χ3n) is 3.34. The van der Waals surface area contributed by atoms with Gasteiger partial charge in [0.2, 0.25) is 5.13 Å². The van der Waals surface area contributed by atoms with E-state index in [-0.39, 0.29) is 5.91 Å². The van der Waals surface area contributed by atoms with Crippen molar-refractivity contribution in [3.8, 4) is 5.69 Å². The van der Waals surface area contributed by atoms with Crippen LogP contribution in [-0.2, 0) is 6.42 Å². The standard InChI is InChI=1S/C16H17N5OS/c1-2-3-9-14-19-20-16(23-14)18-15(22)13-10-17-11-21(13)12-7-5-4-6-8-12/h4-8,10-11H,2-3,9H2,1H3,(H,18,20,22). The molecule has 7 heteroatoms. The summed E-state index contributed by atoms with van der Waals surface area (Å²) < 4.78 is 1.74. The monoisotopic (exact) mass is 327 g/mol. The van der Waals surface area contributed by atoms with E-state index in [0.29, 0.717) is 10.8 Å². The van der Waals surface area contributed by atoms with E-state index in [9.17, 15) is 4.79 Å². The second-order valence-electron chi connectivity index (χ2n) is 5.04. The molecule has 1 N–H and O–H groups in total. The number of nitrogens with one attached hydrogen (secondary N) is 1. The third-order valence-corrected chi connectivity index (χ3v) is 4.24. The van der Waals surface area contributed by atoms with Gasteiger partial charge in [0, 0.05) is 12.1 Å². The topological polar surface area (TPSA) is 72.7 Å². The average Bonchev–Trinajstić information content (AvgIpc) is 3.23. The Balaban J connectivity index is 1.74. The Bertz CT molecular complexity index is 781. The molecule has 0 atom stereocenters. The number of benzene rings is 1. The fraction of sp³-hybridized carbons (Fsp3) is 0.250. The summed E-state index contributed by atoms with van der Waals surface area (Å²) in [5, 5.41) is 12.4. The average molecular weight is 327 g/mol. The number of anilines is 1. The number of hydrogen-bond acceptors (Lipinski definition) is 5. The van der Waals surface area contributed by atoms with E-state index < -0.39 is 0 Å². The molecular formula is C16H17N5OS. The van der Waals surface area contributed by atoms with E-state index in [1.807, 2.05) is 30.3 Å². The summed E-state index contributed by atoms with van der Waals surface area (Å²) in [4.78, 5) is 16.5.